The van der Waals surface area contributed by atoms with Gasteiger partial charge in [0, 0.05) is 24.2 Å². The number of carbonyl (C=O) groups is 1. The van der Waals surface area contributed by atoms with E-state index in [1.54, 1.807) is 0 Å². The summed E-state index contributed by atoms with van der Waals surface area (Å²) in [6.07, 6.45) is 0. The molecule has 4 rings (SSSR count). The maximum absolute atomic E-state index is 12.5. The summed E-state index contributed by atoms with van der Waals surface area (Å²) >= 11 is 0. The van der Waals surface area contributed by atoms with Crippen molar-refractivity contribution in [3.8, 4) is 11.4 Å². The zero-order chi connectivity index (χ0) is 19.5. The van der Waals surface area contributed by atoms with Gasteiger partial charge in [-0.1, -0.05) is 60.2 Å². The summed E-state index contributed by atoms with van der Waals surface area (Å²) < 4.78 is 2.18. The van der Waals surface area contributed by atoms with E-state index >= 15 is 0 Å². The van der Waals surface area contributed by atoms with Crippen LogP contribution in [0, 0.1) is 13.8 Å². The minimum Gasteiger partial charge on any atom is -0.350 e. The van der Waals surface area contributed by atoms with Gasteiger partial charge < -0.3 is 9.88 Å². The molecular weight excluding hydrogens is 346 g/mol. The van der Waals surface area contributed by atoms with E-state index in [9.17, 15) is 4.79 Å². The minimum atomic E-state index is -0.0422. The minimum absolute atomic E-state index is 0.0422. The lowest BCUT2D eigenvalue weighted by Gasteiger charge is -2.11. The Hall–Kier alpha value is -3.40. The van der Waals surface area contributed by atoms with Gasteiger partial charge in [-0.05, 0) is 37.6 Å². The van der Waals surface area contributed by atoms with Crippen molar-refractivity contribution in [3.05, 3.63) is 89.5 Å². The van der Waals surface area contributed by atoms with Crippen LogP contribution < -0.4 is 5.32 Å². The summed E-state index contributed by atoms with van der Waals surface area (Å²) in [5.74, 6) is 0.880. The van der Waals surface area contributed by atoms with Gasteiger partial charge in [0.2, 0.25) is 0 Å². The van der Waals surface area contributed by atoms with E-state index in [-0.39, 0.29) is 5.91 Å². The first-order valence-corrected chi connectivity index (χ1v) is 9.49. The fourth-order valence-electron chi connectivity index (χ4n) is 3.43. The van der Waals surface area contributed by atoms with E-state index in [0.29, 0.717) is 13.1 Å². The molecule has 4 heteroatoms. The molecule has 0 atom stereocenters. The van der Waals surface area contributed by atoms with Crippen molar-refractivity contribution in [2.75, 3.05) is 6.54 Å². The molecule has 0 saturated carbocycles. The number of carbonyl (C=O) groups excluding carboxylic acids is 1. The Balaban J connectivity index is 1.59. The number of imidazole rings is 1. The molecule has 4 nitrogen and oxygen atoms in total. The Kier molecular flexibility index (Phi) is 4.94. The first-order chi connectivity index (χ1) is 13.6. The maximum atomic E-state index is 12.5. The summed E-state index contributed by atoms with van der Waals surface area (Å²) in [7, 11) is 0. The van der Waals surface area contributed by atoms with Crippen LogP contribution in [0.4, 0.5) is 0 Å². The number of para-hydroxylation sites is 2. The van der Waals surface area contributed by atoms with Crippen LogP contribution in [0.3, 0.4) is 0 Å². The van der Waals surface area contributed by atoms with Crippen molar-refractivity contribution in [1.29, 1.82) is 0 Å². The lowest BCUT2D eigenvalue weighted by molar-refractivity contribution is 0.0952. The molecule has 1 amide bonds. The van der Waals surface area contributed by atoms with Crippen LogP contribution >= 0.6 is 0 Å². The van der Waals surface area contributed by atoms with Gasteiger partial charge in [0.05, 0.1) is 11.0 Å². The highest BCUT2D eigenvalue weighted by Gasteiger charge is 2.13. The molecule has 1 aromatic heterocycles. The molecule has 4 aromatic rings. The quantitative estimate of drug-likeness (QED) is 0.552. The number of nitrogens with zero attached hydrogens (tertiary/aromatic N) is 2. The standard InChI is InChI=1S/C24H23N3O/c1-17-11-13-19(14-12-17)23-26-21-9-5-6-10-22(21)27(23)16-15-25-24(28)20-8-4-3-7-18(20)2/h3-14H,15-16H2,1-2H3,(H,25,28). The molecule has 140 valence electrons. The first kappa shape index (κ1) is 18.0. The first-order valence-electron chi connectivity index (χ1n) is 9.49. The SMILES string of the molecule is Cc1ccc(-c2nc3ccccc3n2CCNC(=O)c2ccccc2C)cc1. The molecule has 0 saturated heterocycles. The van der Waals surface area contributed by atoms with Crippen molar-refractivity contribution in [2.45, 2.75) is 20.4 Å². The van der Waals surface area contributed by atoms with E-state index in [1.165, 1.54) is 5.56 Å². The molecule has 0 aliphatic rings. The van der Waals surface area contributed by atoms with Gasteiger partial charge in [-0.3, -0.25) is 4.79 Å². The Morgan fingerprint density at radius 2 is 1.64 bits per heavy atom. The molecule has 0 radical (unpaired) electrons. The van der Waals surface area contributed by atoms with Gasteiger partial charge in [0.1, 0.15) is 5.82 Å². The van der Waals surface area contributed by atoms with Crippen LogP contribution in [-0.4, -0.2) is 22.0 Å². The lowest BCUT2D eigenvalue weighted by atomic mass is 10.1. The van der Waals surface area contributed by atoms with Crippen LogP contribution in [0.25, 0.3) is 22.4 Å². The van der Waals surface area contributed by atoms with E-state index in [0.717, 1.165) is 33.5 Å². The van der Waals surface area contributed by atoms with Crippen LogP contribution in [0.5, 0.6) is 0 Å². The summed E-state index contributed by atoms with van der Waals surface area (Å²) in [5, 5.41) is 3.04. The Labute approximate surface area is 164 Å². The summed E-state index contributed by atoms with van der Waals surface area (Å²) in [5.41, 5.74) is 6.03. The Morgan fingerprint density at radius 3 is 2.43 bits per heavy atom. The second kappa shape index (κ2) is 7.69. The van der Waals surface area contributed by atoms with Crippen molar-refractivity contribution in [3.63, 3.8) is 0 Å². The number of hydrogen-bond acceptors (Lipinski definition) is 2. The molecule has 1 N–H and O–H groups in total. The summed E-state index contributed by atoms with van der Waals surface area (Å²) in [4.78, 5) is 17.3. The van der Waals surface area contributed by atoms with Crippen molar-refractivity contribution in [2.24, 2.45) is 0 Å². The molecule has 0 spiro atoms. The number of hydrogen-bond donors (Lipinski definition) is 1. The third-order valence-electron chi connectivity index (χ3n) is 4.97. The van der Waals surface area contributed by atoms with Gasteiger partial charge in [0.25, 0.3) is 5.91 Å². The monoisotopic (exact) mass is 369 g/mol. The molecule has 3 aromatic carbocycles. The topological polar surface area (TPSA) is 46.9 Å². The zero-order valence-corrected chi connectivity index (χ0v) is 16.1. The van der Waals surface area contributed by atoms with E-state index in [2.05, 4.69) is 47.1 Å². The Morgan fingerprint density at radius 1 is 0.929 bits per heavy atom. The van der Waals surface area contributed by atoms with Gasteiger partial charge in [-0.25, -0.2) is 4.98 Å². The number of amides is 1. The maximum Gasteiger partial charge on any atom is 0.251 e. The third kappa shape index (κ3) is 3.54. The largest absolute Gasteiger partial charge is 0.350 e. The zero-order valence-electron chi connectivity index (χ0n) is 16.1. The predicted molar refractivity (Wildman–Crippen MR) is 113 cm³/mol. The van der Waals surface area contributed by atoms with Gasteiger partial charge in [-0.15, -0.1) is 0 Å². The normalized spacial score (nSPS) is 10.9. The van der Waals surface area contributed by atoms with Crippen molar-refractivity contribution < 1.29 is 4.79 Å². The van der Waals surface area contributed by atoms with E-state index in [4.69, 9.17) is 4.98 Å². The van der Waals surface area contributed by atoms with Crippen LogP contribution in [0.15, 0.2) is 72.8 Å². The molecule has 0 fully saturated rings. The third-order valence-corrected chi connectivity index (χ3v) is 4.97. The van der Waals surface area contributed by atoms with Gasteiger partial charge >= 0.3 is 0 Å². The fourth-order valence-corrected chi connectivity index (χ4v) is 3.43. The molecule has 0 aliphatic carbocycles. The highest BCUT2D eigenvalue weighted by molar-refractivity contribution is 5.95. The van der Waals surface area contributed by atoms with Crippen LogP contribution in [0.2, 0.25) is 0 Å². The van der Waals surface area contributed by atoms with Crippen molar-refractivity contribution >= 4 is 16.9 Å². The number of fused-ring (bicyclic) bond motifs is 1. The number of benzene rings is 3. The van der Waals surface area contributed by atoms with E-state index < -0.39 is 0 Å². The van der Waals surface area contributed by atoms with Crippen molar-refractivity contribution in [1.82, 2.24) is 14.9 Å². The average Bonchev–Trinajstić information content (AvgIpc) is 3.07. The summed E-state index contributed by atoms with van der Waals surface area (Å²) in [6.45, 7) is 5.22. The number of aryl methyl sites for hydroxylation is 2. The Bertz CT molecular complexity index is 1130. The van der Waals surface area contributed by atoms with Crippen LogP contribution in [-0.2, 0) is 6.54 Å². The number of aromatic nitrogens is 2. The highest BCUT2D eigenvalue weighted by Crippen LogP contribution is 2.25. The molecule has 0 aliphatic heterocycles. The fraction of sp³-hybridized carbons (Fsp3) is 0.167. The molecular formula is C24H23N3O. The van der Waals surface area contributed by atoms with Crippen LogP contribution in [0.1, 0.15) is 21.5 Å². The van der Waals surface area contributed by atoms with Gasteiger partial charge in [-0.2, -0.15) is 0 Å². The summed E-state index contributed by atoms with van der Waals surface area (Å²) in [6, 6.07) is 24.1. The number of rotatable bonds is 5. The van der Waals surface area contributed by atoms with Gasteiger partial charge in [0.15, 0.2) is 0 Å². The molecule has 28 heavy (non-hydrogen) atoms. The smallest absolute Gasteiger partial charge is 0.251 e. The molecule has 0 unspecified atom stereocenters. The average molecular weight is 369 g/mol. The van der Waals surface area contributed by atoms with E-state index in [1.807, 2.05) is 49.4 Å². The second-order valence-corrected chi connectivity index (χ2v) is 7.01. The number of nitrogens with one attached hydrogen (secondary N) is 1. The second-order valence-electron chi connectivity index (χ2n) is 7.01. The molecule has 1 heterocycles. The molecule has 0 bridgehead atoms. The highest BCUT2D eigenvalue weighted by atomic mass is 16.1. The predicted octanol–water partition coefficient (Wildman–Crippen LogP) is 4.75. The lowest BCUT2D eigenvalue weighted by Crippen LogP contribution is -2.28.